The highest BCUT2D eigenvalue weighted by Crippen LogP contribution is 2.29. The highest BCUT2D eigenvalue weighted by Gasteiger charge is 2.30. The molecule has 6 heteroatoms. The lowest BCUT2D eigenvalue weighted by Crippen LogP contribution is -2.50. The zero-order valence-corrected chi connectivity index (χ0v) is 17.0. The molecular weight excluding hydrogens is 376 g/mol. The van der Waals surface area contributed by atoms with Gasteiger partial charge in [-0.2, -0.15) is 0 Å². The summed E-state index contributed by atoms with van der Waals surface area (Å²) in [6.07, 6.45) is 8.20. The van der Waals surface area contributed by atoms with Gasteiger partial charge in [-0.1, -0.05) is 0 Å². The lowest BCUT2D eigenvalue weighted by atomic mass is 10.1. The van der Waals surface area contributed by atoms with Crippen molar-refractivity contribution in [2.24, 2.45) is 0 Å². The molecule has 1 atom stereocenters. The number of aromatic nitrogens is 2. The molecule has 0 radical (unpaired) electrons. The molecule has 2 fully saturated rings. The predicted molar refractivity (Wildman–Crippen MR) is 118 cm³/mol. The Morgan fingerprint density at radius 2 is 2.07 bits per heavy atom. The van der Waals surface area contributed by atoms with Gasteiger partial charge in [0.25, 0.3) is 0 Å². The fourth-order valence-electron chi connectivity index (χ4n) is 5.05. The molecule has 0 spiro atoms. The summed E-state index contributed by atoms with van der Waals surface area (Å²) in [5.74, 6) is 0. The maximum atomic E-state index is 12.8. The molecule has 2 aliphatic heterocycles. The average Bonchev–Trinajstić information content (AvgIpc) is 3.40. The van der Waals surface area contributed by atoms with Crippen LogP contribution in [0.25, 0.3) is 27.6 Å². The molecule has 0 amide bonds. The molecule has 6 rings (SSSR count). The highest BCUT2D eigenvalue weighted by atomic mass is 16.4. The third kappa shape index (κ3) is 2.82. The Morgan fingerprint density at radius 3 is 2.97 bits per heavy atom. The van der Waals surface area contributed by atoms with Crippen molar-refractivity contribution in [2.75, 3.05) is 31.1 Å². The number of hydrogen-bond acceptors (Lipinski definition) is 5. The Bertz CT molecular complexity index is 1320. The highest BCUT2D eigenvalue weighted by molar-refractivity contribution is 5.85. The van der Waals surface area contributed by atoms with E-state index in [2.05, 4.69) is 26.9 Å². The zero-order chi connectivity index (χ0) is 20.2. The van der Waals surface area contributed by atoms with Crippen LogP contribution in [0.1, 0.15) is 18.5 Å². The van der Waals surface area contributed by atoms with E-state index in [1.165, 1.54) is 19.4 Å². The third-order valence-electron chi connectivity index (χ3n) is 6.70. The summed E-state index contributed by atoms with van der Waals surface area (Å²) in [6.45, 7) is 6.39. The molecule has 1 aromatic carbocycles. The molecule has 152 valence electrons. The van der Waals surface area contributed by atoms with Crippen LogP contribution >= 0.6 is 0 Å². The number of nitrogens with zero attached hydrogens (tertiary/aromatic N) is 4. The minimum absolute atomic E-state index is 0.304. The van der Waals surface area contributed by atoms with E-state index in [4.69, 9.17) is 4.42 Å². The number of anilines is 1. The Morgan fingerprint density at radius 1 is 1.13 bits per heavy atom. The van der Waals surface area contributed by atoms with Gasteiger partial charge >= 0.3 is 5.63 Å². The van der Waals surface area contributed by atoms with Crippen molar-refractivity contribution in [1.82, 2.24) is 14.3 Å². The van der Waals surface area contributed by atoms with Crippen LogP contribution in [0.4, 0.5) is 5.69 Å². The molecule has 30 heavy (non-hydrogen) atoms. The zero-order valence-electron chi connectivity index (χ0n) is 17.0. The van der Waals surface area contributed by atoms with Crippen molar-refractivity contribution < 1.29 is 4.42 Å². The number of piperazine rings is 1. The van der Waals surface area contributed by atoms with E-state index >= 15 is 0 Å². The number of benzene rings is 1. The van der Waals surface area contributed by atoms with E-state index in [0.29, 0.717) is 17.2 Å². The smallest absolute Gasteiger partial charge is 0.344 e. The summed E-state index contributed by atoms with van der Waals surface area (Å²) in [5, 5.41) is 0.943. The molecule has 3 aromatic heterocycles. The Labute approximate surface area is 174 Å². The van der Waals surface area contributed by atoms with E-state index in [-0.39, 0.29) is 5.63 Å². The molecule has 0 saturated carbocycles. The first-order chi connectivity index (χ1) is 14.7. The van der Waals surface area contributed by atoms with Crippen LogP contribution in [0.3, 0.4) is 0 Å². The van der Waals surface area contributed by atoms with E-state index in [1.54, 1.807) is 6.20 Å². The van der Waals surface area contributed by atoms with Crippen molar-refractivity contribution in [3.05, 3.63) is 65.0 Å². The summed E-state index contributed by atoms with van der Waals surface area (Å²) >= 11 is 0. The summed E-state index contributed by atoms with van der Waals surface area (Å²) < 4.78 is 7.77. The molecule has 0 N–H and O–H groups in total. The SMILES string of the molecule is Cc1nccn2cc(-c3cc4ccc(N5CCN6CCC[C@@H]6C5)cc4oc3=O)cc12. The van der Waals surface area contributed by atoms with Gasteiger partial charge in [-0.05, 0) is 50.6 Å². The Kier molecular flexibility index (Phi) is 3.96. The van der Waals surface area contributed by atoms with Crippen molar-refractivity contribution in [1.29, 1.82) is 0 Å². The maximum absolute atomic E-state index is 12.8. The van der Waals surface area contributed by atoms with Crippen molar-refractivity contribution >= 4 is 22.2 Å². The topological polar surface area (TPSA) is 54.0 Å². The van der Waals surface area contributed by atoms with Crippen LogP contribution in [-0.4, -0.2) is 46.5 Å². The van der Waals surface area contributed by atoms with Crippen LogP contribution in [-0.2, 0) is 0 Å². The molecule has 0 bridgehead atoms. The molecule has 5 heterocycles. The van der Waals surface area contributed by atoms with Gasteiger partial charge in [0.1, 0.15) is 5.58 Å². The first kappa shape index (κ1) is 17.7. The standard InChI is InChI=1S/C24H24N4O2/c1-16-22-12-18(14-28(22)8-6-25-16)21-11-17-4-5-19(13-23(17)30-24(21)29)27-10-9-26-7-2-3-20(26)15-27/h4-6,8,11-14,20H,2-3,7,9-10,15H2,1H3/t20-/m1/s1. The number of aryl methyl sites for hydroxylation is 1. The van der Waals surface area contributed by atoms with Crippen LogP contribution in [0, 0.1) is 6.92 Å². The molecule has 6 nitrogen and oxygen atoms in total. The Hall–Kier alpha value is -3.12. The van der Waals surface area contributed by atoms with E-state index in [9.17, 15) is 4.79 Å². The lowest BCUT2D eigenvalue weighted by Gasteiger charge is -2.38. The first-order valence-electron chi connectivity index (χ1n) is 10.7. The van der Waals surface area contributed by atoms with Gasteiger partial charge in [0.05, 0.1) is 16.8 Å². The van der Waals surface area contributed by atoms with Gasteiger partial charge in [-0.25, -0.2) is 4.79 Å². The van der Waals surface area contributed by atoms with Gasteiger partial charge < -0.3 is 13.7 Å². The van der Waals surface area contributed by atoms with Crippen molar-refractivity contribution in [3.8, 4) is 11.1 Å². The summed E-state index contributed by atoms with van der Waals surface area (Å²) in [4.78, 5) is 22.2. The Balaban J connectivity index is 1.37. The van der Waals surface area contributed by atoms with E-state index in [0.717, 1.165) is 47.5 Å². The summed E-state index contributed by atoms with van der Waals surface area (Å²) in [6, 6.07) is 10.8. The fourth-order valence-corrected chi connectivity index (χ4v) is 5.05. The maximum Gasteiger partial charge on any atom is 0.344 e. The first-order valence-corrected chi connectivity index (χ1v) is 10.7. The summed E-state index contributed by atoms with van der Waals surface area (Å²) in [7, 11) is 0. The molecule has 2 aliphatic rings. The van der Waals surface area contributed by atoms with E-state index in [1.807, 2.05) is 41.9 Å². The molecule has 4 aromatic rings. The number of fused-ring (bicyclic) bond motifs is 3. The molecule has 0 unspecified atom stereocenters. The molecular formula is C24H24N4O2. The minimum Gasteiger partial charge on any atom is -0.422 e. The molecule has 2 saturated heterocycles. The van der Waals surface area contributed by atoms with Crippen LogP contribution < -0.4 is 10.5 Å². The second kappa shape index (κ2) is 6.71. The normalized spacial score (nSPS) is 19.6. The van der Waals surface area contributed by atoms with Crippen molar-refractivity contribution in [3.63, 3.8) is 0 Å². The van der Waals surface area contributed by atoms with Crippen LogP contribution in [0.5, 0.6) is 0 Å². The monoisotopic (exact) mass is 400 g/mol. The number of rotatable bonds is 2. The lowest BCUT2D eigenvalue weighted by molar-refractivity contribution is 0.231. The summed E-state index contributed by atoms with van der Waals surface area (Å²) in [5.41, 5.74) is 4.84. The predicted octanol–water partition coefficient (Wildman–Crippen LogP) is 3.70. The van der Waals surface area contributed by atoms with Gasteiger partial charge in [-0.15, -0.1) is 0 Å². The average molecular weight is 400 g/mol. The minimum atomic E-state index is -0.304. The quantitative estimate of drug-likeness (QED) is 0.480. The third-order valence-corrected chi connectivity index (χ3v) is 6.70. The number of hydrogen-bond donors (Lipinski definition) is 0. The van der Waals surface area contributed by atoms with Crippen molar-refractivity contribution in [2.45, 2.75) is 25.8 Å². The van der Waals surface area contributed by atoms with E-state index < -0.39 is 0 Å². The fraction of sp³-hybridized carbons (Fsp3) is 0.333. The largest absolute Gasteiger partial charge is 0.422 e. The van der Waals surface area contributed by atoms with Crippen LogP contribution in [0.2, 0.25) is 0 Å². The van der Waals surface area contributed by atoms with Gasteiger partial charge in [0, 0.05) is 67.0 Å². The van der Waals surface area contributed by atoms with Gasteiger partial charge in [0.2, 0.25) is 0 Å². The van der Waals surface area contributed by atoms with Gasteiger partial charge in [0.15, 0.2) is 0 Å². The second-order valence-electron chi connectivity index (χ2n) is 8.48. The molecule has 0 aliphatic carbocycles. The second-order valence-corrected chi connectivity index (χ2v) is 8.48. The van der Waals surface area contributed by atoms with Gasteiger partial charge in [-0.3, -0.25) is 9.88 Å². The van der Waals surface area contributed by atoms with Crippen LogP contribution in [0.15, 0.2) is 58.1 Å².